The van der Waals surface area contributed by atoms with E-state index < -0.39 is 0 Å². The van der Waals surface area contributed by atoms with Crippen LogP contribution in [0.2, 0.25) is 0 Å². The Morgan fingerprint density at radius 1 is 1.03 bits per heavy atom. The summed E-state index contributed by atoms with van der Waals surface area (Å²) in [4.78, 5) is 35.6. The molecule has 146 valence electrons. The predicted octanol–water partition coefficient (Wildman–Crippen LogP) is 4.01. The molecule has 1 aliphatic carbocycles. The van der Waals surface area contributed by atoms with Crippen molar-refractivity contribution >= 4 is 40.3 Å². The Bertz CT molecular complexity index is 1430. The van der Waals surface area contributed by atoms with Crippen molar-refractivity contribution in [2.75, 3.05) is 0 Å². The first-order valence-corrected chi connectivity index (χ1v) is 10.1. The van der Waals surface area contributed by atoms with E-state index in [2.05, 4.69) is 22.0 Å². The zero-order chi connectivity index (χ0) is 20.4. The monoisotopic (exact) mass is 394 g/mol. The molecule has 0 bridgehead atoms. The van der Waals surface area contributed by atoms with Crippen LogP contribution in [0.4, 0.5) is 0 Å². The van der Waals surface area contributed by atoms with Crippen LogP contribution in [0, 0.1) is 0 Å². The number of hydrogen-bond donors (Lipinski definition) is 1. The van der Waals surface area contributed by atoms with Gasteiger partial charge in [-0.15, -0.1) is 0 Å². The first kappa shape index (κ1) is 17.2. The molecule has 0 saturated heterocycles. The van der Waals surface area contributed by atoms with Crippen LogP contribution < -0.4 is 5.32 Å². The number of carbonyl (C=O) groups is 3. The van der Waals surface area contributed by atoms with Gasteiger partial charge in [0.2, 0.25) is 0 Å². The minimum Gasteiger partial charge on any atom is -0.348 e. The van der Waals surface area contributed by atoms with E-state index >= 15 is 0 Å². The van der Waals surface area contributed by atoms with E-state index in [0.717, 1.165) is 68.6 Å². The third-order valence-corrected chi connectivity index (χ3v) is 6.44. The van der Waals surface area contributed by atoms with Crippen molar-refractivity contribution in [1.82, 2.24) is 9.88 Å². The third-order valence-electron chi connectivity index (χ3n) is 6.44. The maximum atomic E-state index is 12.9. The Morgan fingerprint density at radius 2 is 1.90 bits per heavy atom. The highest BCUT2D eigenvalue weighted by molar-refractivity contribution is 6.20. The largest absolute Gasteiger partial charge is 0.348 e. The molecular formula is C25H18N2O3. The zero-order valence-electron chi connectivity index (χ0n) is 16.2. The fourth-order valence-corrected chi connectivity index (χ4v) is 5.29. The van der Waals surface area contributed by atoms with Crippen LogP contribution in [0.25, 0.3) is 32.9 Å². The number of hydrogen-bond acceptors (Lipinski definition) is 3. The van der Waals surface area contributed by atoms with Gasteiger partial charge in [-0.3, -0.25) is 9.59 Å². The van der Waals surface area contributed by atoms with E-state index in [0.29, 0.717) is 25.1 Å². The first-order chi connectivity index (χ1) is 14.7. The Kier molecular flexibility index (Phi) is 3.51. The number of amides is 1. The smallest absolute Gasteiger partial charge is 0.252 e. The van der Waals surface area contributed by atoms with Crippen molar-refractivity contribution in [3.63, 3.8) is 0 Å². The second-order valence-corrected chi connectivity index (χ2v) is 7.95. The van der Waals surface area contributed by atoms with Gasteiger partial charge in [0.1, 0.15) is 12.6 Å². The summed E-state index contributed by atoms with van der Waals surface area (Å²) in [6, 6.07) is 13.9. The molecule has 5 heteroatoms. The summed E-state index contributed by atoms with van der Waals surface area (Å²) in [5, 5.41) is 5.00. The van der Waals surface area contributed by atoms with Crippen LogP contribution in [0.1, 0.15) is 43.8 Å². The molecule has 1 aromatic heterocycles. The van der Waals surface area contributed by atoms with Crippen molar-refractivity contribution in [1.29, 1.82) is 0 Å². The van der Waals surface area contributed by atoms with Crippen molar-refractivity contribution in [3.8, 4) is 11.1 Å². The summed E-state index contributed by atoms with van der Waals surface area (Å²) < 4.78 is 2.20. The molecule has 5 nitrogen and oxygen atoms in total. The maximum Gasteiger partial charge on any atom is 0.252 e. The van der Waals surface area contributed by atoms with Gasteiger partial charge in [-0.2, -0.15) is 0 Å². The molecule has 1 aliphatic heterocycles. The van der Waals surface area contributed by atoms with Gasteiger partial charge in [0.25, 0.3) is 5.91 Å². The van der Waals surface area contributed by atoms with E-state index in [-0.39, 0.29) is 5.91 Å². The molecule has 0 atom stereocenters. The van der Waals surface area contributed by atoms with Gasteiger partial charge >= 0.3 is 0 Å². The lowest BCUT2D eigenvalue weighted by atomic mass is 9.92. The van der Waals surface area contributed by atoms with Crippen molar-refractivity contribution in [2.45, 2.75) is 25.9 Å². The predicted molar refractivity (Wildman–Crippen MR) is 115 cm³/mol. The Hall–Kier alpha value is -3.73. The van der Waals surface area contributed by atoms with Crippen LogP contribution in [0.3, 0.4) is 0 Å². The van der Waals surface area contributed by atoms with Crippen LogP contribution in [0.15, 0.2) is 42.5 Å². The van der Waals surface area contributed by atoms with Crippen LogP contribution >= 0.6 is 0 Å². The Labute approximate surface area is 172 Å². The SMILES string of the molecule is O=CCCn1c2ccc(C=O)cc2c2c3c(c4c(c21)Cc1ccccc1-4)C(=O)NC3. The molecule has 0 saturated carbocycles. The topological polar surface area (TPSA) is 68.2 Å². The number of nitrogens with one attached hydrogen (secondary N) is 1. The number of benzene rings is 3. The zero-order valence-corrected chi connectivity index (χ0v) is 16.2. The lowest BCUT2D eigenvalue weighted by Crippen LogP contribution is -2.13. The number of carbonyl (C=O) groups excluding carboxylic acids is 3. The quantitative estimate of drug-likeness (QED) is 0.468. The number of fused-ring (bicyclic) bond motifs is 10. The molecule has 2 heterocycles. The van der Waals surface area contributed by atoms with E-state index in [1.807, 2.05) is 30.3 Å². The first-order valence-electron chi connectivity index (χ1n) is 10.1. The van der Waals surface area contributed by atoms with Gasteiger partial charge in [0.15, 0.2) is 0 Å². The summed E-state index contributed by atoms with van der Waals surface area (Å²) >= 11 is 0. The molecule has 6 rings (SSSR count). The number of aryl methyl sites for hydroxylation is 1. The molecule has 0 radical (unpaired) electrons. The highest BCUT2D eigenvalue weighted by Crippen LogP contribution is 2.48. The summed E-state index contributed by atoms with van der Waals surface area (Å²) in [7, 11) is 0. The van der Waals surface area contributed by atoms with Gasteiger partial charge < -0.3 is 14.7 Å². The number of aldehydes is 2. The summed E-state index contributed by atoms with van der Waals surface area (Å²) in [6.07, 6.45) is 2.94. The van der Waals surface area contributed by atoms with Gasteiger partial charge in [-0.25, -0.2) is 0 Å². The van der Waals surface area contributed by atoms with Crippen molar-refractivity contribution in [3.05, 3.63) is 70.3 Å². The lowest BCUT2D eigenvalue weighted by molar-refractivity contribution is -0.108. The fourth-order valence-electron chi connectivity index (χ4n) is 5.29. The number of nitrogens with zero attached hydrogens (tertiary/aromatic N) is 1. The van der Waals surface area contributed by atoms with Gasteiger partial charge in [0, 0.05) is 53.3 Å². The molecular weight excluding hydrogens is 376 g/mol. The van der Waals surface area contributed by atoms with Crippen molar-refractivity contribution in [2.24, 2.45) is 0 Å². The molecule has 0 fully saturated rings. The second kappa shape index (κ2) is 6.13. The number of aromatic nitrogens is 1. The lowest BCUT2D eigenvalue weighted by Gasteiger charge is -2.13. The molecule has 1 N–H and O–H groups in total. The molecule has 1 amide bonds. The number of rotatable bonds is 4. The highest BCUT2D eigenvalue weighted by Gasteiger charge is 2.35. The summed E-state index contributed by atoms with van der Waals surface area (Å²) in [5.74, 6) is -0.0415. The standard InChI is InChI=1S/C25H18N2O3/c28-9-3-8-27-20-7-6-14(13-29)10-17(20)22-19-12-26-25(30)23(19)21-16-5-2-1-4-15(16)11-18(21)24(22)27/h1-2,4-7,9-10,13H,3,8,11-12H2,(H,26,30). The normalized spacial score (nSPS) is 13.9. The minimum atomic E-state index is -0.0415. The van der Waals surface area contributed by atoms with E-state index in [1.165, 1.54) is 5.56 Å². The average molecular weight is 394 g/mol. The Morgan fingerprint density at radius 3 is 2.73 bits per heavy atom. The molecule has 2 aliphatic rings. The van der Waals surface area contributed by atoms with Crippen LogP contribution in [-0.2, 0) is 24.3 Å². The van der Waals surface area contributed by atoms with Gasteiger partial charge in [-0.1, -0.05) is 24.3 Å². The van der Waals surface area contributed by atoms with Crippen LogP contribution in [0.5, 0.6) is 0 Å². The maximum absolute atomic E-state index is 12.9. The molecule has 0 unspecified atom stereocenters. The Balaban J connectivity index is 1.84. The van der Waals surface area contributed by atoms with Gasteiger partial charge in [0.05, 0.1) is 11.1 Å². The minimum absolute atomic E-state index is 0.0415. The van der Waals surface area contributed by atoms with Crippen molar-refractivity contribution < 1.29 is 14.4 Å². The van der Waals surface area contributed by atoms with Crippen LogP contribution in [-0.4, -0.2) is 23.0 Å². The molecule has 30 heavy (non-hydrogen) atoms. The molecule has 3 aromatic carbocycles. The fraction of sp³-hybridized carbons (Fsp3) is 0.160. The van der Waals surface area contributed by atoms with Gasteiger partial charge in [-0.05, 0) is 40.5 Å². The van der Waals surface area contributed by atoms with E-state index in [9.17, 15) is 14.4 Å². The average Bonchev–Trinajstić information content (AvgIpc) is 3.43. The summed E-state index contributed by atoms with van der Waals surface area (Å²) in [6.45, 7) is 1.03. The second-order valence-electron chi connectivity index (χ2n) is 7.95. The van der Waals surface area contributed by atoms with E-state index in [4.69, 9.17) is 0 Å². The third kappa shape index (κ3) is 2.09. The molecule has 0 spiro atoms. The van der Waals surface area contributed by atoms with E-state index in [1.54, 1.807) is 0 Å². The highest BCUT2D eigenvalue weighted by atomic mass is 16.2. The summed E-state index contributed by atoms with van der Waals surface area (Å²) in [5.41, 5.74) is 8.90. The molecule has 4 aromatic rings.